The number of thiazole rings is 1. The molecule has 116 valence electrons. The molecular weight excluding hydrogens is 284 g/mol. The number of rotatable bonds is 6. The fourth-order valence-corrected chi connectivity index (χ4v) is 3.46. The molecule has 1 N–H and O–H groups in total. The van der Waals surface area contributed by atoms with Gasteiger partial charge in [0.15, 0.2) is 0 Å². The molecule has 2 aromatic heterocycles. The summed E-state index contributed by atoms with van der Waals surface area (Å²) in [6, 6.07) is 0.0333. The fraction of sp³-hybridized carbons (Fsp3) is 0.600. The van der Waals surface area contributed by atoms with E-state index in [4.69, 9.17) is 9.72 Å². The second-order valence-electron chi connectivity index (χ2n) is 5.21. The molecule has 0 aliphatic carbocycles. The van der Waals surface area contributed by atoms with Crippen LogP contribution in [0.25, 0.3) is 0 Å². The van der Waals surface area contributed by atoms with Gasteiger partial charge in [-0.15, -0.1) is 11.3 Å². The lowest BCUT2D eigenvalue weighted by Gasteiger charge is -2.17. The van der Waals surface area contributed by atoms with Gasteiger partial charge in [0.05, 0.1) is 30.1 Å². The van der Waals surface area contributed by atoms with Crippen molar-refractivity contribution in [2.24, 2.45) is 7.05 Å². The molecule has 1 atom stereocenters. The predicted molar refractivity (Wildman–Crippen MR) is 86.2 cm³/mol. The number of hydrogen-bond acceptors (Lipinski definition) is 5. The lowest BCUT2D eigenvalue weighted by molar-refractivity contribution is 0.365. The average molecular weight is 308 g/mol. The molecule has 6 heteroatoms. The second-order valence-corrected chi connectivity index (χ2v) is 6.45. The molecule has 0 bridgehead atoms. The molecule has 0 amide bonds. The molecule has 0 aromatic carbocycles. The first kappa shape index (κ1) is 16.0. The molecule has 0 spiro atoms. The molecule has 0 aliphatic rings. The molecule has 5 nitrogen and oxygen atoms in total. The topological polar surface area (TPSA) is 52.0 Å². The van der Waals surface area contributed by atoms with Crippen LogP contribution in [-0.2, 0) is 7.05 Å². The maximum absolute atomic E-state index is 5.55. The Morgan fingerprint density at radius 1 is 1.29 bits per heavy atom. The molecule has 2 rings (SSSR count). The van der Waals surface area contributed by atoms with Crippen LogP contribution in [0.5, 0.6) is 5.88 Å². The summed E-state index contributed by atoms with van der Waals surface area (Å²) in [5.74, 6) is 0.798. The summed E-state index contributed by atoms with van der Waals surface area (Å²) in [6.07, 6.45) is 1.07. The molecule has 0 saturated heterocycles. The number of ether oxygens (including phenoxy) is 1. The summed E-state index contributed by atoms with van der Waals surface area (Å²) in [6.45, 7) is 9.28. The fourth-order valence-electron chi connectivity index (χ4n) is 2.45. The van der Waals surface area contributed by atoms with Crippen molar-refractivity contribution < 1.29 is 4.74 Å². The Morgan fingerprint density at radius 3 is 2.52 bits per heavy atom. The summed E-state index contributed by atoms with van der Waals surface area (Å²) in [4.78, 5) is 5.99. The molecule has 2 heterocycles. The van der Waals surface area contributed by atoms with Gasteiger partial charge in [0.2, 0.25) is 5.88 Å². The number of methoxy groups -OCH3 is 1. The smallest absolute Gasteiger partial charge is 0.216 e. The molecule has 0 saturated carbocycles. The van der Waals surface area contributed by atoms with Crippen molar-refractivity contribution in [3.8, 4) is 5.88 Å². The number of nitrogens with zero attached hydrogens (tertiary/aromatic N) is 3. The number of hydrogen-bond donors (Lipinski definition) is 1. The molecule has 2 aromatic rings. The highest BCUT2D eigenvalue weighted by molar-refractivity contribution is 7.11. The van der Waals surface area contributed by atoms with Gasteiger partial charge in [-0.2, -0.15) is 5.10 Å². The van der Waals surface area contributed by atoms with Gasteiger partial charge in [-0.3, -0.25) is 0 Å². The van der Waals surface area contributed by atoms with Crippen molar-refractivity contribution in [3.63, 3.8) is 0 Å². The van der Waals surface area contributed by atoms with Crippen LogP contribution < -0.4 is 10.1 Å². The van der Waals surface area contributed by atoms with E-state index in [2.05, 4.69) is 31.2 Å². The van der Waals surface area contributed by atoms with Crippen molar-refractivity contribution in [2.45, 2.75) is 40.2 Å². The van der Waals surface area contributed by atoms with E-state index in [-0.39, 0.29) is 6.04 Å². The SMILES string of the molecule is CCCNC(c1nc(C)c(C)s1)c1c(C)nn(C)c1OC. The van der Waals surface area contributed by atoms with Crippen LogP contribution >= 0.6 is 11.3 Å². The highest BCUT2D eigenvalue weighted by Crippen LogP contribution is 2.35. The van der Waals surface area contributed by atoms with Gasteiger partial charge < -0.3 is 10.1 Å². The van der Waals surface area contributed by atoms with Crippen molar-refractivity contribution in [2.75, 3.05) is 13.7 Å². The Bertz CT molecular complexity index is 598. The molecule has 0 fully saturated rings. The molecule has 21 heavy (non-hydrogen) atoms. The van der Waals surface area contributed by atoms with Crippen molar-refractivity contribution >= 4 is 11.3 Å². The molecular formula is C15H24N4OS. The standard InChI is InChI=1S/C15H24N4OS/c1-7-8-16-13(14-17-9(2)11(4)21-14)12-10(3)18-19(5)15(12)20-6/h13,16H,7-8H2,1-6H3. The van der Waals surface area contributed by atoms with E-state index < -0.39 is 0 Å². The first-order valence-electron chi connectivity index (χ1n) is 7.24. The Kier molecular flexibility index (Phi) is 5.00. The van der Waals surface area contributed by atoms with E-state index in [0.717, 1.165) is 40.8 Å². The first-order chi connectivity index (χ1) is 9.99. The average Bonchev–Trinajstić information content (AvgIpc) is 2.91. The van der Waals surface area contributed by atoms with E-state index in [1.807, 2.05) is 14.0 Å². The van der Waals surface area contributed by atoms with E-state index in [0.29, 0.717) is 0 Å². The van der Waals surface area contributed by atoms with Crippen LogP contribution in [0.1, 0.15) is 46.2 Å². The van der Waals surface area contributed by atoms with E-state index in [1.165, 1.54) is 4.88 Å². The number of aromatic nitrogens is 3. The number of nitrogens with one attached hydrogen (secondary N) is 1. The number of aryl methyl sites for hydroxylation is 4. The molecule has 0 aliphatic heterocycles. The minimum atomic E-state index is 0.0333. The quantitative estimate of drug-likeness (QED) is 0.891. The van der Waals surface area contributed by atoms with Crippen LogP contribution in [0.4, 0.5) is 0 Å². The Morgan fingerprint density at radius 2 is 2.00 bits per heavy atom. The lowest BCUT2D eigenvalue weighted by Crippen LogP contribution is -2.24. The van der Waals surface area contributed by atoms with Gasteiger partial charge in [0.25, 0.3) is 0 Å². The van der Waals surface area contributed by atoms with Gasteiger partial charge in [-0.25, -0.2) is 9.67 Å². The minimum absolute atomic E-state index is 0.0333. The Balaban J connectivity index is 2.50. The monoisotopic (exact) mass is 308 g/mol. The van der Waals surface area contributed by atoms with Crippen molar-refractivity contribution in [3.05, 3.63) is 26.8 Å². The van der Waals surface area contributed by atoms with Gasteiger partial charge in [-0.05, 0) is 33.7 Å². The van der Waals surface area contributed by atoms with Crippen LogP contribution in [-0.4, -0.2) is 28.4 Å². The largest absolute Gasteiger partial charge is 0.481 e. The van der Waals surface area contributed by atoms with Crippen LogP contribution in [0.15, 0.2) is 0 Å². The maximum atomic E-state index is 5.55. The van der Waals surface area contributed by atoms with Gasteiger partial charge in [0.1, 0.15) is 5.01 Å². The van der Waals surface area contributed by atoms with Gasteiger partial charge >= 0.3 is 0 Å². The van der Waals surface area contributed by atoms with E-state index in [9.17, 15) is 0 Å². The Labute approximate surface area is 130 Å². The highest BCUT2D eigenvalue weighted by atomic mass is 32.1. The van der Waals surface area contributed by atoms with Crippen molar-refractivity contribution in [1.29, 1.82) is 0 Å². The van der Waals surface area contributed by atoms with Gasteiger partial charge in [0, 0.05) is 11.9 Å². The summed E-state index contributed by atoms with van der Waals surface area (Å²) in [7, 11) is 3.60. The first-order valence-corrected chi connectivity index (χ1v) is 8.06. The van der Waals surface area contributed by atoms with Crippen LogP contribution in [0.2, 0.25) is 0 Å². The Hall–Kier alpha value is -1.40. The zero-order valence-electron chi connectivity index (χ0n) is 13.6. The third-order valence-corrected chi connectivity index (χ3v) is 4.72. The van der Waals surface area contributed by atoms with Crippen molar-refractivity contribution in [1.82, 2.24) is 20.1 Å². The highest BCUT2D eigenvalue weighted by Gasteiger charge is 2.27. The summed E-state index contributed by atoms with van der Waals surface area (Å²) >= 11 is 1.74. The summed E-state index contributed by atoms with van der Waals surface area (Å²) in [5, 5.41) is 9.16. The van der Waals surface area contributed by atoms with Gasteiger partial charge in [-0.1, -0.05) is 6.92 Å². The predicted octanol–water partition coefficient (Wildman–Crippen LogP) is 2.90. The normalized spacial score (nSPS) is 12.7. The molecule has 0 radical (unpaired) electrons. The zero-order valence-corrected chi connectivity index (χ0v) is 14.5. The minimum Gasteiger partial charge on any atom is -0.481 e. The lowest BCUT2D eigenvalue weighted by atomic mass is 10.1. The van der Waals surface area contributed by atoms with E-state index in [1.54, 1.807) is 23.1 Å². The van der Waals surface area contributed by atoms with Crippen LogP contribution in [0.3, 0.4) is 0 Å². The van der Waals surface area contributed by atoms with E-state index >= 15 is 0 Å². The maximum Gasteiger partial charge on any atom is 0.216 e. The second kappa shape index (κ2) is 6.58. The summed E-state index contributed by atoms with van der Waals surface area (Å²) < 4.78 is 7.34. The molecule has 1 unspecified atom stereocenters. The summed E-state index contributed by atoms with van der Waals surface area (Å²) in [5.41, 5.74) is 3.16. The third kappa shape index (κ3) is 3.11. The van der Waals surface area contributed by atoms with Crippen LogP contribution in [0, 0.1) is 20.8 Å². The third-order valence-electron chi connectivity index (χ3n) is 3.59. The zero-order chi connectivity index (χ0) is 15.6.